The summed E-state index contributed by atoms with van der Waals surface area (Å²) >= 11 is 1.20. The van der Waals surface area contributed by atoms with Crippen LogP contribution in [0.4, 0.5) is 9.52 Å². The Bertz CT molecular complexity index is 910. The zero-order chi connectivity index (χ0) is 17.6. The van der Waals surface area contributed by atoms with Crippen LogP contribution in [0.5, 0.6) is 11.5 Å². The van der Waals surface area contributed by atoms with Crippen molar-refractivity contribution in [3.05, 3.63) is 60.9 Å². The predicted octanol–water partition coefficient (Wildman–Crippen LogP) is 4.02. The molecule has 2 aromatic carbocycles. The van der Waals surface area contributed by atoms with E-state index in [0.29, 0.717) is 33.5 Å². The second-order valence-electron chi connectivity index (χ2n) is 5.01. The van der Waals surface area contributed by atoms with Crippen molar-refractivity contribution in [1.82, 2.24) is 4.98 Å². The molecule has 1 N–H and O–H groups in total. The molecular weight excluding hydrogens is 343 g/mol. The van der Waals surface area contributed by atoms with Gasteiger partial charge in [-0.15, -0.1) is 0 Å². The van der Waals surface area contributed by atoms with Gasteiger partial charge in [0.2, 0.25) is 0 Å². The summed E-state index contributed by atoms with van der Waals surface area (Å²) < 4.78 is 24.8. The lowest BCUT2D eigenvalue weighted by Gasteiger charge is -2.11. The summed E-state index contributed by atoms with van der Waals surface area (Å²) in [6.45, 7) is 3.74. The minimum Gasteiger partial charge on any atom is -0.486 e. The lowest BCUT2D eigenvalue weighted by Crippen LogP contribution is -2.20. The first-order chi connectivity index (χ1) is 12.2. The van der Waals surface area contributed by atoms with Gasteiger partial charge < -0.3 is 9.47 Å². The Labute approximate surface area is 147 Å². The summed E-state index contributed by atoms with van der Waals surface area (Å²) in [4.78, 5) is 16.3. The van der Waals surface area contributed by atoms with Gasteiger partial charge in [0.15, 0.2) is 23.2 Å². The van der Waals surface area contributed by atoms with E-state index in [4.69, 9.17) is 9.47 Å². The van der Waals surface area contributed by atoms with E-state index in [2.05, 4.69) is 16.9 Å². The number of hydrogen-bond acceptors (Lipinski definition) is 5. The monoisotopic (exact) mass is 358 g/mol. The van der Waals surface area contributed by atoms with Crippen molar-refractivity contribution in [3.8, 4) is 11.5 Å². The number of nitrogens with zero attached hydrogens (tertiary/aromatic N) is 1. The summed E-state index contributed by atoms with van der Waals surface area (Å²) in [5, 5.41) is 3.04. The highest BCUT2D eigenvalue weighted by Gasteiger charge is 2.11. The molecule has 5 nitrogen and oxygen atoms in total. The average Bonchev–Trinajstić information content (AvgIpc) is 3.00. The number of anilines is 1. The molecule has 1 amide bonds. The summed E-state index contributed by atoms with van der Waals surface area (Å²) in [6, 6.07) is 11.3. The summed E-state index contributed by atoms with van der Waals surface area (Å²) in [5.41, 5.74) is 0.630. The Morgan fingerprint density at radius 2 is 2.00 bits per heavy atom. The van der Waals surface area contributed by atoms with Crippen molar-refractivity contribution in [2.45, 2.75) is 0 Å². The van der Waals surface area contributed by atoms with Crippen LogP contribution >= 0.6 is 11.3 Å². The van der Waals surface area contributed by atoms with E-state index in [1.165, 1.54) is 23.5 Å². The normalized spacial score (nSPS) is 10.4. The zero-order valence-electron chi connectivity index (χ0n) is 13.2. The van der Waals surface area contributed by atoms with Crippen molar-refractivity contribution >= 4 is 32.6 Å². The molecule has 25 heavy (non-hydrogen) atoms. The molecule has 1 heterocycles. The van der Waals surface area contributed by atoms with Gasteiger partial charge in [0.25, 0.3) is 5.91 Å². The Hall–Kier alpha value is -2.93. The van der Waals surface area contributed by atoms with Crippen molar-refractivity contribution in [3.63, 3.8) is 0 Å². The van der Waals surface area contributed by atoms with Crippen molar-refractivity contribution in [1.29, 1.82) is 0 Å². The lowest BCUT2D eigenvalue weighted by molar-refractivity contribution is -0.118. The van der Waals surface area contributed by atoms with E-state index in [9.17, 15) is 9.18 Å². The van der Waals surface area contributed by atoms with Gasteiger partial charge >= 0.3 is 0 Å². The van der Waals surface area contributed by atoms with Crippen LogP contribution in [0.3, 0.4) is 0 Å². The van der Waals surface area contributed by atoms with Crippen LogP contribution in [0.25, 0.3) is 10.2 Å². The van der Waals surface area contributed by atoms with E-state index in [1.54, 1.807) is 30.3 Å². The van der Waals surface area contributed by atoms with Gasteiger partial charge in [-0.3, -0.25) is 10.1 Å². The topological polar surface area (TPSA) is 60.5 Å². The Morgan fingerprint density at radius 3 is 2.76 bits per heavy atom. The molecule has 0 unspecified atom stereocenters. The molecule has 0 bridgehead atoms. The highest BCUT2D eigenvalue weighted by atomic mass is 32.1. The van der Waals surface area contributed by atoms with Gasteiger partial charge in [-0.2, -0.15) is 0 Å². The molecule has 128 valence electrons. The Morgan fingerprint density at radius 1 is 1.24 bits per heavy atom. The van der Waals surface area contributed by atoms with Gasteiger partial charge in [-0.05, 0) is 30.3 Å². The molecule has 0 saturated heterocycles. The molecule has 0 saturated carbocycles. The molecule has 0 fully saturated rings. The summed E-state index contributed by atoms with van der Waals surface area (Å²) in [7, 11) is 0. The number of carbonyl (C=O) groups excluding carboxylic acids is 1. The van der Waals surface area contributed by atoms with Gasteiger partial charge in [-0.25, -0.2) is 9.37 Å². The maximum atomic E-state index is 13.2. The molecule has 3 aromatic rings. The number of halogens is 1. The number of thiazole rings is 1. The number of fused-ring (bicyclic) bond motifs is 1. The number of amides is 1. The minimum atomic E-state index is -0.363. The number of nitrogens with one attached hydrogen (secondary N) is 1. The first-order valence-corrected chi connectivity index (χ1v) is 8.29. The van der Waals surface area contributed by atoms with Gasteiger partial charge in [0, 0.05) is 0 Å². The maximum Gasteiger partial charge on any atom is 0.264 e. The molecule has 7 heteroatoms. The van der Waals surface area contributed by atoms with Gasteiger partial charge in [-0.1, -0.05) is 36.1 Å². The van der Waals surface area contributed by atoms with E-state index < -0.39 is 0 Å². The molecule has 0 atom stereocenters. The van der Waals surface area contributed by atoms with Crippen molar-refractivity contribution in [2.75, 3.05) is 18.5 Å². The third kappa shape index (κ3) is 4.33. The number of rotatable bonds is 7. The highest BCUT2D eigenvalue weighted by molar-refractivity contribution is 7.22. The number of ether oxygens (including phenoxy) is 2. The highest BCUT2D eigenvalue weighted by Crippen LogP contribution is 2.28. The minimum absolute atomic E-state index is 0.196. The smallest absolute Gasteiger partial charge is 0.264 e. The summed E-state index contributed by atoms with van der Waals surface area (Å²) in [5.74, 6) is 0.295. The molecule has 0 aliphatic heterocycles. The van der Waals surface area contributed by atoms with Crippen LogP contribution in [0.2, 0.25) is 0 Å². The van der Waals surface area contributed by atoms with Crippen LogP contribution in [0.15, 0.2) is 55.1 Å². The molecule has 1 aromatic heterocycles. The molecule has 3 rings (SSSR count). The van der Waals surface area contributed by atoms with Crippen molar-refractivity contribution in [2.24, 2.45) is 0 Å². The molecule has 0 radical (unpaired) electrons. The first kappa shape index (κ1) is 16.9. The third-order valence-corrected chi connectivity index (χ3v) is 4.10. The SMILES string of the molecule is C=CCOc1ccccc1OCC(=O)Nc1nc2ccc(F)cc2s1. The predicted molar refractivity (Wildman–Crippen MR) is 95.8 cm³/mol. The number of hydrogen-bond donors (Lipinski definition) is 1. The van der Waals surface area contributed by atoms with Gasteiger partial charge in [0.05, 0.1) is 10.2 Å². The van der Waals surface area contributed by atoms with E-state index in [-0.39, 0.29) is 18.3 Å². The maximum absolute atomic E-state index is 13.2. The third-order valence-electron chi connectivity index (χ3n) is 3.16. The molecule has 0 aliphatic rings. The number of para-hydroxylation sites is 2. The zero-order valence-corrected chi connectivity index (χ0v) is 14.0. The van der Waals surface area contributed by atoms with E-state index >= 15 is 0 Å². The fraction of sp³-hybridized carbons (Fsp3) is 0.111. The Kier molecular flexibility index (Phi) is 5.25. The van der Waals surface area contributed by atoms with Crippen LogP contribution < -0.4 is 14.8 Å². The van der Waals surface area contributed by atoms with E-state index in [1.807, 2.05) is 6.07 Å². The number of carbonyl (C=O) groups is 1. The average molecular weight is 358 g/mol. The summed E-state index contributed by atoms with van der Waals surface area (Å²) in [6.07, 6.45) is 1.62. The quantitative estimate of drug-likeness (QED) is 0.648. The van der Waals surface area contributed by atoms with E-state index in [0.717, 1.165) is 0 Å². The number of benzene rings is 2. The Balaban J connectivity index is 1.61. The van der Waals surface area contributed by atoms with Crippen LogP contribution in [0.1, 0.15) is 0 Å². The molecule has 0 spiro atoms. The van der Waals surface area contributed by atoms with Crippen LogP contribution in [0, 0.1) is 5.82 Å². The molecule has 0 aliphatic carbocycles. The van der Waals surface area contributed by atoms with Gasteiger partial charge in [0.1, 0.15) is 12.4 Å². The molecular formula is C18H15FN2O3S. The van der Waals surface area contributed by atoms with Crippen molar-refractivity contribution < 1.29 is 18.7 Å². The van der Waals surface area contributed by atoms with Crippen LogP contribution in [-0.2, 0) is 4.79 Å². The lowest BCUT2D eigenvalue weighted by atomic mass is 10.3. The number of aromatic nitrogens is 1. The second kappa shape index (κ2) is 7.76. The fourth-order valence-electron chi connectivity index (χ4n) is 2.09. The standard InChI is InChI=1S/C18H15FN2O3S/c1-2-9-23-14-5-3-4-6-15(14)24-11-17(22)21-18-20-13-8-7-12(19)10-16(13)25-18/h2-8,10H,1,9,11H2,(H,20,21,22). The fourth-order valence-corrected chi connectivity index (χ4v) is 2.99. The largest absolute Gasteiger partial charge is 0.486 e. The second-order valence-corrected chi connectivity index (χ2v) is 6.04. The van der Waals surface area contributed by atoms with Crippen LogP contribution in [-0.4, -0.2) is 24.1 Å². The first-order valence-electron chi connectivity index (χ1n) is 7.47.